The highest BCUT2D eigenvalue weighted by Gasteiger charge is 2.29. The minimum absolute atomic E-state index is 0.00991. The van der Waals surface area contributed by atoms with E-state index < -0.39 is 47.4 Å². The lowest BCUT2D eigenvalue weighted by Gasteiger charge is -2.13. The van der Waals surface area contributed by atoms with Crippen LogP contribution in [-0.2, 0) is 0 Å². The van der Waals surface area contributed by atoms with Crippen LogP contribution in [0, 0.1) is 23.3 Å². The van der Waals surface area contributed by atoms with Crippen LogP contribution in [0.25, 0.3) is 33.0 Å². The van der Waals surface area contributed by atoms with Gasteiger partial charge in [0.25, 0.3) is 0 Å². The second-order valence-electron chi connectivity index (χ2n) is 8.05. The van der Waals surface area contributed by atoms with Gasteiger partial charge in [0, 0.05) is 23.1 Å². The first-order valence-corrected chi connectivity index (χ1v) is 11.0. The highest BCUT2D eigenvalue weighted by molar-refractivity contribution is 5.89. The van der Waals surface area contributed by atoms with Crippen molar-refractivity contribution >= 4 is 10.8 Å². The van der Waals surface area contributed by atoms with Gasteiger partial charge in [-0.3, -0.25) is 0 Å². The van der Waals surface area contributed by atoms with E-state index in [1.54, 1.807) is 19.1 Å². The molecule has 2 nitrogen and oxygen atoms in total. The molecule has 4 aromatic rings. The second-order valence-corrected chi connectivity index (χ2v) is 8.05. The molecule has 0 bridgehead atoms. The van der Waals surface area contributed by atoms with Crippen molar-refractivity contribution in [1.29, 1.82) is 0 Å². The second kappa shape index (κ2) is 10.5. The number of ether oxygens (including phenoxy) is 2. The van der Waals surface area contributed by atoms with Crippen molar-refractivity contribution < 1.29 is 40.2 Å². The first-order chi connectivity index (χ1) is 17.6. The van der Waals surface area contributed by atoms with Crippen molar-refractivity contribution in [1.82, 2.24) is 0 Å². The number of rotatable bonds is 7. The summed E-state index contributed by atoms with van der Waals surface area (Å²) in [5.41, 5.74) is -0.0468. The first kappa shape index (κ1) is 26.1. The van der Waals surface area contributed by atoms with Crippen molar-refractivity contribution in [2.75, 3.05) is 13.2 Å². The van der Waals surface area contributed by atoms with E-state index in [9.17, 15) is 26.3 Å². The fourth-order valence-electron chi connectivity index (χ4n) is 3.76. The Balaban J connectivity index is 1.63. The molecule has 0 N–H and O–H groups in total. The lowest BCUT2D eigenvalue weighted by Crippen LogP contribution is -2.19. The molecule has 0 unspecified atom stereocenters. The number of benzene rings is 4. The maximum atomic E-state index is 15.0. The highest BCUT2D eigenvalue weighted by Crippen LogP contribution is 2.35. The molecule has 0 aliphatic carbocycles. The van der Waals surface area contributed by atoms with E-state index >= 15 is 4.39 Å². The van der Waals surface area contributed by atoms with E-state index in [1.165, 1.54) is 36.4 Å². The zero-order chi connectivity index (χ0) is 26.7. The number of halogens is 7. The molecule has 9 heteroatoms. The molecule has 0 fully saturated rings. The normalized spacial score (nSPS) is 11.9. The van der Waals surface area contributed by atoms with Gasteiger partial charge in [-0.25, -0.2) is 17.6 Å². The van der Waals surface area contributed by atoms with Crippen LogP contribution in [-0.4, -0.2) is 19.4 Å². The molecule has 0 radical (unpaired) electrons. The average Bonchev–Trinajstić information content (AvgIpc) is 2.83. The standard InChI is InChI=1S/C28H19F7O2/c1-2-3-10-36-19-13-23(30)26(24(31)14-19)18-5-7-20(22(29)12-18)16-4-8-21-17(11-16)6-9-25(27(21)32)37-15-28(33,34)35/h2-9,11-14H,10,15H2,1H3. The highest BCUT2D eigenvalue weighted by atomic mass is 19.4. The van der Waals surface area contributed by atoms with Crippen molar-refractivity contribution in [2.45, 2.75) is 13.1 Å². The first-order valence-electron chi connectivity index (χ1n) is 11.0. The Morgan fingerprint density at radius 1 is 0.757 bits per heavy atom. The van der Waals surface area contributed by atoms with E-state index in [2.05, 4.69) is 4.74 Å². The topological polar surface area (TPSA) is 18.5 Å². The zero-order valence-electron chi connectivity index (χ0n) is 19.3. The molecule has 0 atom stereocenters. The van der Waals surface area contributed by atoms with Crippen molar-refractivity contribution in [3.8, 4) is 33.8 Å². The van der Waals surface area contributed by atoms with E-state index in [0.29, 0.717) is 10.9 Å². The summed E-state index contributed by atoms with van der Waals surface area (Å²) in [6.07, 6.45) is -1.23. The molecule has 4 aromatic carbocycles. The summed E-state index contributed by atoms with van der Waals surface area (Å²) in [6.45, 7) is 0.267. The van der Waals surface area contributed by atoms with Gasteiger partial charge < -0.3 is 9.47 Å². The van der Waals surface area contributed by atoms with Crippen LogP contribution in [0.15, 0.2) is 72.8 Å². The molecule has 0 aliphatic rings. The number of hydrogen-bond donors (Lipinski definition) is 0. The summed E-state index contributed by atoms with van der Waals surface area (Å²) in [7, 11) is 0. The lowest BCUT2D eigenvalue weighted by molar-refractivity contribution is -0.153. The van der Waals surface area contributed by atoms with Crippen LogP contribution >= 0.6 is 0 Å². The molecule has 0 aliphatic heterocycles. The Labute approximate surface area is 207 Å². The smallest absolute Gasteiger partial charge is 0.422 e. The van der Waals surface area contributed by atoms with Gasteiger partial charge in [0.2, 0.25) is 0 Å². The van der Waals surface area contributed by atoms with Crippen molar-refractivity contribution in [3.63, 3.8) is 0 Å². The van der Waals surface area contributed by atoms with Crippen LogP contribution in [0.4, 0.5) is 30.7 Å². The van der Waals surface area contributed by atoms with Crippen LogP contribution in [0.5, 0.6) is 11.5 Å². The summed E-state index contributed by atoms with van der Waals surface area (Å²) in [4.78, 5) is 0. The quantitative estimate of drug-likeness (QED) is 0.179. The van der Waals surface area contributed by atoms with Gasteiger partial charge in [-0.1, -0.05) is 42.5 Å². The minimum atomic E-state index is -4.62. The maximum Gasteiger partial charge on any atom is 0.422 e. The molecule has 0 aromatic heterocycles. The minimum Gasteiger partial charge on any atom is -0.489 e. The molecule has 4 rings (SSSR count). The summed E-state index contributed by atoms with van der Waals surface area (Å²) in [5.74, 6) is -4.18. The molecule has 0 saturated heterocycles. The molecular weight excluding hydrogens is 501 g/mol. The van der Waals surface area contributed by atoms with Crippen LogP contribution < -0.4 is 9.47 Å². The lowest BCUT2D eigenvalue weighted by atomic mass is 9.97. The Morgan fingerprint density at radius 2 is 1.46 bits per heavy atom. The fourth-order valence-corrected chi connectivity index (χ4v) is 3.76. The molecule has 0 amide bonds. The molecule has 0 spiro atoms. The maximum absolute atomic E-state index is 15.0. The van der Waals surface area contributed by atoms with Gasteiger partial charge >= 0.3 is 6.18 Å². The zero-order valence-corrected chi connectivity index (χ0v) is 19.3. The third kappa shape index (κ3) is 5.87. The van der Waals surface area contributed by atoms with Gasteiger partial charge in [-0.15, -0.1) is 0 Å². The Morgan fingerprint density at radius 3 is 2.11 bits per heavy atom. The third-order valence-corrected chi connectivity index (χ3v) is 5.48. The van der Waals surface area contributed by atoms with Gasteiger partial charge in [0.15, 0.2) is 18.2 Å². The predicted octanol–water partition coefficient (Wildman–Crippen LogP) is 8.63. The third-order valence-electron chi connectivity index (χ3n) is 5.48. The summed E-state index contributed by atoms with van der Waals surface area (Å²) in [5, 5.41) is 0.282. The molecule has 0 saturated carbocycles. The van der Waals surface area contributed by atoms with Crippen LogP contribution in [0.3, 0.4) is 0 Å². The molecule has 0 heterocycles. The van der Waals surface area contributed by atoms with E-state index in [0.717, 1.165) is 24.3 Å². The summed E-state index contributed by atoms with van der Waals surface area (Å²) < 4.78 is 106. The van der Waals surface area contributed by atoms with Gasteiger partial charge in [0.05, 0.1) is 5.56 Å². The van der Waals surface area contributed by atoms with E-state index in [1.807, 2.05) is 0 Å². The van der Waals surface area contributed by atoms with Crippen LogP contribution in [0.1, 0.15) is 6.92 Å². The number of fused-ring (bicyclic) bond motifs is 1. The average molecular weight is 520 g/mol. The van der Waals surface area contributed by atoms with Gasteiger partial charge in [-0.05, 0) is 41.6 Å². The Kier molecular flexibility index (Phi) is 7.42. The molecule has 192 valence electrons. The van der Waals surface area contributed by atoms with E-state index in [-0.39, 0.29) is 28.9 Å². The summed E-state index contributed by atoms with van der Waals surface area (Å²) in [6, 6.07) is 12.2. The Bertz CT molecular complexity index is 1450. The Hall–Kier alpha value is -4.01. The van der Waals surface area contributed by atoms with Crippen LogP contribution in [0.2, 0.25) is 0 Å². The van der Waals surface area contributed by atoms with Crippen molar-refractivity contribution in [2.24, 2.45) is 0 Å². The fraction of sp³-hybridized carbons (Fsp3) is 0.143. The predicted molar refractivity (Wildman–Crippen MR) is 127 cm³/mol. The van der Waals surface area contributed by atoms with Crippen molar-refractivity contribution in [3.05, 3.63) is 96.1 Å². The van der Waals surface area contributed by atoms with Gasteiger partial charge in [-0.2, -0.15) is 13.2 Å². The van der Waals surface area contributed by atoms with E-state index in [4.69, 9.17) is 4.74 Å². The number of alkyl halides is 3. The monoisotopic (exact) mass is 520 g/mol. The largest absolute Gasteiger partial charge is 0.489 e. The number of allylic oxidation sites excluding steroid dienone is 1. The molecular formula is C28H19F7O2. The van der Waals surface area contributed by atoms with Gasteiger partial charge in [0.1, 0.15) is 29.8 Å². The SMILES string of the molecule is CC=CCOc1cc(F)c(-c2ccc(-c3ccc4c(F)c(OCC(F)(F)F)ccc4c3)c(F)c2)c(F)c1. The number of hydrogen-bond acceptors (Lipinski definition) is 2. The molecule has 37 heavy (non-hydrogen) atoms. The summed E-state index contributed by atoms with van der Waals surface area (Å²) >= 11 is 0.